The Morgan fingerprint density at radius 3 is 2.37 bits per heavy atom. The highest BCUT2D eigenvalue weighted by atomic mass is 16.5. The predicted molar refractivity (Wildman–Crippen MR) is 108 cm³/mol. The van der Waals surface area contributed by atoms with E-state index in [0.29, 0.717) is 17.9 Å². The van der Waals surface area contributed by atoms with Crippen LogP contribution in [0.1, 0.15) is 29.9 Å². The third-order valence-electron chi connectivity index (χ3n) is 5.25. The van der Waals surface area contributed by atoms with E-state index in [0.717, 1.165) is 23.1 Å². The molecular weight excluding hydrogens is 336 g/mol. The molecule has 0 radical (unpaired) electrons. The summed E-state index contributed by atoms with van der Waals surface area (Å²) in [6.45, 7) is 0. The van der Waals surface area contributed by atoms with Crippen molar-refractivity contribution in [3.05, 3.63) is 77.9 Å². The van der Waals surface area contributed by atoms with Crippen molar-refractivity contribution in [3.8, 4) is 11.5 Å². The van der Waals surface area contributed by atoms with E-state index >= 15 is 0 Å². The van der Waals surface area contributed by atoms with Crippen LogP contribution < -0.4 is 9.47 Å². The van der Waals surface area contributed by atoms with Crippen molar-refractivity contribution in [1.29, 1.82) is 0 Å². The zero-order chi connectivity index (χ0) is 18.8. The van der Waals surface area contributed by atoms with Gasteiger partial charge in [0.2, 0.25) is 0 Å². The molecule has 0 amide bonds. The minimum absolute atomic E-state index is 0.142. The van der Waals surface area contributed by atoms with Crippen LogP contribution in [0.4, 0.5) is 0 Å². The molecule has 1 atom stereocenters. The first-order valence-electron chi connectivity index (χ1n) is 9.12. The molecule has 3 aromatic carbocycles. The van der Waals surface area contributed by atoms with E-state index in [4.69, 9.17) is 9.47 Å². The standard InChI is InChI=1S/C24H22O3/c1-26-23-10-9-19(15-24(23)27-2)21-12-20(13-22(25)14-21)18-8-7-16-5-3-4-6-17(16)11-18/h3-11,13,15,21H,12,14H2,1-2H3. The van der Waals surface area contributed by atoms with E-state index in [1.165, 1.54) is 10.8 Å². The lowest BCUT2D eigenvalue weighted by Gasteiger charge is -2.23. The Labute approximate surface area is 159 Å². The van der Waals surface area contributed by atoms with Crippen LogP contribution in [-0.2, 0) is 4.79 Å². The highest BCUT2D eigenvalue weighted by Gasteiger charge is 2.24. The zero-order valence-corrected chi connectivity index (χ0v) is 15.6. The summed E-state index contributed by atoms with van der Waals surface area (Å²) in [5.74, 6) is 1.71. The summed E-state index contributed by atoms with van der Waals surface area (Å²) in [4.78, 5) is 12.4. The molecule has 0 heterocycles. The van der Waals surface area contributed by atoms with Crippen LogP contribution in [0.2, 0.25) is 0 Å². The highest BCUT2D eigenvalue weighted by molar-refractivity contribution is 6.00. The number of carbonyl (C=O) groups is 1. The van der Waals surface area contributed by atoms with E-state index < -0.39 is 0 Å². The fraction of sp³-hybridized carbons (Fsp3) is 0.208. The lowest BCUT2D eigenvalue weighted by Crippen LogP contribution is -2.12. The molecule has 1 aliphatic carbocycles. The third-order valence-corrected chi connectivity index (χ3v) is 5.25. The maximum atomic E-state index is 12.4. The van der Waals surface area contributed by atoms with Gasteiger partial charge in [-0.2, -0.15) is 0 Å². The largest absolute Gasteiger partial charge is 0.493 e. The number of ether oxygens (including phenoxy) is 2. The molecule has 0 aliphatic heterocycles. The molecule has 0 saturated carbocycles. The lowest BCUT2D eigenvalue weighted by molar-refractivity contribution is -0.115. The maximum Gasteiger partial charge on any atom is 0.160 e. The van der Waals surface area contributed by atoms with E-state index in [2.05, 4.69) is 30.3 Å². The average Bonchev–Trinajstić information content (AvgIpc) is 2.72. The molecule has 0 N–H and O–H groups in total. The van der Waals surface area contributed by atoms with Crippen LogP contribution in [0.5, 0.6) is 11.5 Å². The summed E-state index contributed by atoms with van der Waals surface area (Å²) < 4.78 is 10.8. The van der Waals surface area contributed by atoms with Crippen LogP contribution in [0, 0.1) is 0 Å². The Morgan fingerprint density at radius 1 is 0.815 bits per heavy atom. The average molecular weight is 358 g/mol. The second kappa shape index (κ2) is 7.28. The van der Waals surface area contributed by atoms with Gasteiger partial charge in [-0.25, -0.2) is 0 Å². The second-order valence-electron chi connectivity index (χ2n) is 6.92. The molecule has 0 spiro atoms. The molecule has 27 heavy (non-hydrogen) atoms. The van der Waals surface area contributed by atoms with E-state index in [1.807, 2.05) is 30.3 Å². The minimum atomic E-state index is 0.142. The van der Waals surface area contributed by atoms with E-state index in [1.54, 1.807) is 20.3 Å². The number of allylic oxidation sites excluding steroid dienone is 2. The summed E-state index contributed by atoms with van der Waals surface area (Å²) in [6, 6.07) is 20.6. The topological polar surface area (TPSA) is 35.5 Å². The normalized spacial score (nSPS) is 16.9. The first-order valence-corrected chi connectivity index (χ1v) is 9.12. The monoisotopic (exact) mass is 358 g/mol. The molecule has 4 rings (SSSR count). The van der Waals surface area contributed by atoms with Crippen molar-refractivity contribution < 1.29 is 14.3 Å². The van der Waals surface area contributed by atoms with Crippen LogP contribution in [0.25, 0.3) is 16.3 Å². The smallest absolute Gasteiger partial charge is 0.160 e. The molecule has 1 aliphatic rings. The highest BCUT2D eigenvalue weighted by Crippen LogP contribution is 2.39. The number of rotatable bonds is 4. The number of benzene rings is 3. The summed E-state index contributed by atoms with van der Waals surface area (Å²) in [7, 11) is 3.26. The molecule has 136 valence electrons. The Kier molecular flexibility index (Phi) is 4.68. The maximum absolute atomic E-state index is 12.4. The van der Waals surface area contributed by atoms with Crippen LogP contribution in [0.15, 0.2) is 66.7 Å². The van der Waals surface area contributed by atoms with E-state index in [9.17, 15) is 4.79 Å². The van der Waals surface area contributed by atoms with Gasteiger partial charge in [-0.1, -0.05) is 42.5 Å². The number of methoxy groups -OCH3 is 2. The number of carbonyl (C=O) groups excluding carboxylic acids is 1. The molecule has 3 heteroatoms. The Hall–Kier alpha value is -3.07. The SMILES string of the molecule is COc1ccc(C2CC(=O)C=C(c3ccc4ccccc4c3)C2)cc1OC. The van der Waals surface area contributed by atoms with Crippen LogP contribution in [0.3, 0.4) is 0 Å². The van der Waals surface area contributed by atoms with Gasteiger partial charge in [0.05, 0.1) is 14.2 Å². The summed E-state index contributed by atoms with van der Waals surface area (Å²) in [5, 5.41) is 2.40. The molecular formula is C24H22O3. The van der Waals surface area contributed by atoms with Crippen LogP contribution >= 0.6 is 0 Å². The summed E-state index contributed by atoms with van der Waals surface area (Å²) in [6.07, 6.45) is 3.16. The predicted octanol–water partition coefficient (Wildman–Crippen LogP) is 5.39. The molecule has 0 saturated heterocycles. The lowest BCUT2D eigenvalue weighted by atomic mass is 9.80. The van der Waals surface area contributed by atoms with Gasteiger partial charge >= 0.3 is 0 Å². The van der Waals surface area contributed by atoms with Gasteiger partial charge in [0.1, 0.15) is 0 Å². The van der Waals surface area contributed by atoms with Gasteiger partial charge < -0.3 is 9.47 Å². The molecule has 1 unspecified atom stereocenters. The fourth-order valence-electron chi connectivity index (χ4n) is 3.83. The van der Waals surface area contributed by atoms with Crippen molar-refractivity contribution in [2.24, 2.45) is 0 Å². The summed E-state index contributed by atoms with van der Waals surface area (Å²) >= 11 is 0. The molecule has 3 aromatic rings. The third kappa shape index (κ3) is 3.45. The van der Waals surface area contributed by atoms with Gasteiger partial charge in [0.15, 0.2) is 17.3 Å². The molecule has 0 bridgehead atoms. The number of fused-ring (bicyclic) bond motifs is 1. The van der Waals surface area contributed by atoms with Crippen molar-refractivity contribution in [1.82, 2.24) is 0 Å². The van der Waals surface area contributed by atoms with Gasteiger partial charge in [-0.3, -0.25) is 4.79 Å². The van der Waals surface area contributed by atoms with Gasteiger partial charge in [0, 0.05) is 6.42 Å². The fourth-order valence-corrected chi connectivity index (χ4v) is 3.83. The number of ketones is 1. The number of hydrogen-bond acceptors (Lipinski definition) is 3. The molecule has 0 fully saturated rings. The quantitative estimate of drug-likeness (QED) is 0.627. The number of hydrogen-bond donors (Lipinski definition) is 0. The summed E-state index contributed by atoms with van der Waals surface area (Å²) in [5.41, 5.74) is 3.32. The minimum Gasteiger partial charge on any atom is -0.493 e. The Bertz CT molecular complexity index is 1030. The second-order valence-corrected chi connectivity index (χ2v) is 6.92. The van der Waals surface area contributed by atoms with Crippen molar-refractivity contribution >= 4 is 22.1 Å². The van der Waals surface area contributed by atoms with Gasteiger partial charge in [-0.05, 0) is 64.1 Å². The first kappa shape index (κ1) is 17.3. The zero-order valence-electron chi connectivity index (χ0n) is 15.6. The Morgan fingerprint density at radius 2 is 1.59 bits per heavy atom. The van der Waals surface area contributed by atoms with Crippen molar-refractivity contribution in [3.63, 3.8) is 0 Å². The molecule has 3 nitrogen and oxygen atoms in total. The first-order chi connectivity index (χ1) is 13.2. The Balaban J connectivity index is 1.67. The van der Waals surface area contributed by atoms with Gasteiger partial charge in [0.25, 0.3) is 0 Å². The van der Waals surface area contributed by atoms with Crippen LogP contribution in [-0.4, -0.2) is 20.0 Å². The van der Waals surface area contributed by atoms with Crippen molar-refractivity contribution in [2.45, 2.75) is 18.8 Å². The van der Waals surface area contributed by atoms with Crippen molar-refractivity contribution in [2.75, 3.05) is 14.2 Å². The van der Waals surface area contributed by atoms with Gasteiger partial charge in [-0.15, -0.1) is 0 Å². The molecule has 0 aromatic heterocycles. The van der Waals surface area contributed by atoms with E-state index in [-0.39, 0.29) is 11.7 Å².